The van der Waals surface area contributed by atoms with E-state index in [1.165, 1.54) is 41.6 Å². The van der Waals surface area contributed by atoms with E-state index in [1.807, 2.05) is 32.9 Å². The smallest absolute Gasteiger partial charge is 0.277 e. The molecule has 0 N–H and O–H groups in total. The molecule has 0 amide bonds. The number of aromatic nitrogens is 2. The molecule has 0 bridgehead atoms. The molecule has 0 atom stereocenters. The van der Waals surface area contributed by atoms with Crippen LogP contribution in [0.5, 0.6) is 5.75 Å². The van der Waals surface area contributed by atoms with Gasteiger partial charge in [-0.25, -0.2) is 4.39 Å². The molecule has 5 nitrogen and oxygen atoms in total. The van der Waals surface area contributed by atoms with E-state index in [0.717, 1.165) is 11.1 Å². The highest BCUT2D eigenvalue weighted by Crippen LogP contribution is 2.22. The van der Waals surface area contributed by atoms with E-state index in [0.29, 0.717) is 16.5 Å². The van der Waals surface area contributed by atoms with E-state index in [1.54, 1.807) is 0 Å². The molecule has 0 aliphatic rings. The number of benzene rings is 2. The summed E-state index contributed by atoms with van der Waals surface area (Å²) < 4.78 is 23.8. The molecule has 1 heterocycles. The lowest BCUT2D eigenvalue weighted by molar-refractivity contribution is 0.102. The summed E-state index contributed by atoms with van der Waals surface area (Å²) in [6.45, 7) is 6.02. The summed E-state index contributed by atoms with van der Waals surface area (Å²) in [5, 5.41) is 8.12. The first-order valence-electron chi connectivity index (χ1n) is 8.37. The third-order valence-corrected chi connectivity index (χ3v) is 4.91. The Morgan fingerprint density at radius 1 is 1.07 bits per heavy atom. The van der Waals surface area contributed by atoms with Crippen molar-refractivity contribution in [2.75, 3.05) is 5.75 Å². The molecule has 0 saturated carbocycles. The number of aryl methyl sites for hydroxylation is 3. The summed E-state index contributed by atoms with van der Waals surface area (Å²) in [6, 6.07) is 9.60. The van der Waals surface area contributed by atoms with Crippen LogP contribution >= 0.6 is 11.8 Å². The van der Waals surface area contributed by atoms with Gasteiger partial charge in [0.1, 0.15) is 11.6 Å². The molecule has 0 saturated heterocycles. The molecule has 1 aromatic heterocycles. The Morgan fingerprint density at radius 2 is 1.78 bits per heavy atom. The van der Waals surface area contributed by atoms with Crippen LogP contribution in [0.25, 0.3) is 0 Å². The van der Waals surface area contributed by atoms with Crippen molar-refractivity contribution in [1.82, 2.24) is 10.2 Å². The van der Waals surface area contributed by atoms with Gasteiger partial charge < -0.3 is 9.15 Å². The largest absolute Gasteiger partial charge is 0.484 e. The van der Waals surface area contributed by atoms with Crippen molar-refractivity contribution in [3.8, 4) is 5.75 Å². The molecule has 0 aliphatic heterocycles. The van der Waals surface area contributed by atoms with E-state index in [-0.39, 0.29) is 29.9 Å². The first kappa shape index (κ1) is 19.1. The second-order valence-electron chi connectivity index (χ2n) is 6.17. The lowest BCUT2D eigenvalue weighted by Crippen LogP contribution is -2.06. The van der Waals surface area contributed by atoms with Crippen molar-refractivity contribution in [3.05, 3.63) is 70.4 Å². The van der Waals surface area contributed by atoms with Crippen LogP contribution in [0.4, 0.5) is 4.39 Å². The fourth-order valence-electron chi connectivity index (χ4n) is 2.50. The number of ketones is 1. The number of carbonyl (C=O) groups excluding carboxylic acids is 1. The first-order valence-corrected chi connectivity index (χ1v) is 9.35. The molecule has 27 heavy (non-hydrogen) atoms. The second-order valence-corrected chi connectivity index (χ2v) is 7.09. The fraction of sp³-hybridized carbons (Fsp3) is 0.250. The van der Waals surface area contributed by atoms with E-state index >= 15 is 0 Å². The van der Waals surface area contributed by atoms with Crippen molar-refractivity contribution in [2.45, 2.75) is 32.6 Å². The number of rotatable bonds is 7. The third-order valence-electron chi connectivity index (χ3n) is 4.09. The van der Waals surface area contributed by atoms with Crippen molar-refractivity contribution >= 4 is 17.5 Å². The minimum absolute atomic E-state index is 0.0166. The summed E-state index contributed by atoms with van der Waals surface area (Å²) in [4.78, 5) is 12.5. The van der Waals surface area contributed by atoms with Gasteiger partial charge in [0.05, 0.1) is 5.75 Å². The van der Waals surface area contributed by atoms with Crippen LogP contribution in [0.15, 0.2) is 46.0 Å². The topological polar surface area (TPSA) is 65.2 Å². The summed E-state index contributed by atoms with van der Waals surface area (Å²) in [6.07, 6.45) is 0. The summed E-state index contributed by atoms with van der Waals surface area (Å²) in [7, 11) is 0. The highest BCUT2D eigenvalue weighted by atomic mass is 32.2. The zero-order valence-electron chi connectivity index (χ0n) is 15.3. The molecule has 0 radical (unpaired) electrons. The number of halogens is 1. The molecule has 140 valence electrons. The average molecular weight is 386 g/mol. The molecule has 0 unspecified atom stereocenters. The minimum Gasteiger partial charge on any atom is -0.484 e. The van der Waals surface area contributed by atoms with Gasteiger partial charge >= 0.3 is 0 Å². The van der Waals surface area contributed by atoms with Crippen LogP contribution in [-0.2, 0) is 6.61 Å². The number of thioether (sulfide) groups is 1. The third kappa shape index (κ3) is 4.95. The molecule has 3 rings (SSSR count). The van der Waals surface area contributed by atoms with Crippen molar-refractivity contribution in [1.29, 1.82) is 0 Å². The van der Waals surface area contributed by atoms with Gasteiger partial charge in [-0.2, -0.15) is 0 Å². The SMILES string of the molecule is Cc1cc(C)c(C(=O)CSc2nnc(COc3ccc(F)cc3)o2)cc1C. The van der Waals surface area contributed by atoms with Gasteiger partial charge in [0.25, 0.3) is 11.1 Å². The predicted molar refractivity (Wildman–Crippen MR) is 101 cm³/mol. The number of nitrogens with zero attached hydrogens (tertiary/aromatic N) is 2. The minimum atomic E-state index is -0.331. The predicted octanol–water partition coefficient (Wildman–Crippen LogP) is 4.69. The number of hydrogen-bond acceptors (Lipinski definition) is 6. The van der Waals surface area contributed by atoms with Crippen LogP contribution in [0.1, 0.15) is 32.9 Å². The molecule has 3 aromatic rings. The Bertz CT molecular complexity index is 954. The molecule has 7 heteroatoms. The van der Waals surface area contributed by atoms with Crippen LogP contribution in [0, 0.1) is 26.6 Å². The van der Waals surface area contributed by atoms with Gasteiger partial charge in [0, 0.05) is 5.56 Å². The summed E-state index contributed by atoms with van der Waals surface area (Å²) >= 11 is 1.19. The highest BCUT2D eigenvalue weighted by Gasteiger charge is 2.14. The zero-order chi connectivity index (χ0) is 19.4. The number of carbonyl (C=O) groups is 1. The Kier molecular flexibility index (Phi) is 5.91. The highest BCUT2D eigenvalue weighted by molar-refractivity contribution is 7.99. The first-order chi connectivity index (χ1) is 12.9. The molecular formula is C20H19FN2O3S. The standard InChI is InChI=1S/C20H19FN2O3S/c1-12-8-14(3)17(9-13(12)2)18(24)11-27-20-23-22-19(26-20)10-25-16-6-4-15(21)5-7-16/h4-9H,10-11H2,1-3H3. The van der Waals surface area contributed by atoms with Crippen LogP contribution in [-0.4, -0.2) is 21.7 Å². The molecule has 0 fully saturated rings. The lowest BCUT2D eigenvalue weighted by atomic mass is 9.99. The van der Waals surface area contributed by atoms with E-state index in [9.17, 15) is 9.18 Å². The quantitative estimate of drug-likeness (QED) is 0.434. The summed E-state index contributed by atoms with van der Waals surface area (Å²) in [5.74, 6) is 0.690. The van der Waals surface area contributed by atoms with Crippen molar-refractivity contribution in [3.63, 3.8) is 0 Å². The number of hydrogen-bond donors (Lipinski definition) is 0. The maximum absolute atomic E-state index is 12.9. The molecule has 0 aliphatic carbocycles. The number of Topliss-reactive ketones (excluding diaryl/α,β-unsaturated/α-hetero) is 1. The van der Waals surface area contributed by atoms with E-state index in [2.05, 4.69) is 10.2 Å². The Hall–Kier alpha value is -2.67. The maximum atomic E-state index is 12.9. The lowest BCUT2D eigenvalue weighted by Gasteiger charge is -2.08. The van der Waals surface area contributed by atoms with Gasteiger partial charge in [-0.05, 0) is 67.8 Å². The maximum Gasteiger partial charge on any atom is 0.277 e. The molecule has 0 spiro atoms. The average Bonchev–Trinajstić information content (AvgIpc) is 3.10. The normalized spacial score (nSPS) is 10.8. The fourth-order valence-corrected chi connectivity index (χ4v) is 3.16. The van der Waals surface area contributed by atoms with E-state index < -0.39 is 0 Å². The van der Waals surface area contributed by atoms with Gasteiger partial charge in [-0.1, -0.05) is 17.8 Å². The van der Waals surface area contributed by atoms with Crippen molar-refractivity contribution < 1.29 is 18.3 Å². The molecule has 2 aromatic carbocycles. The number of ether oxygens (including phenoxy) is 1. The van der Waals surface area contributed by atoms with Gasteiger partial charge in [-0.15, -0.1) is 10.2 Å². The van der Waals surface area contributed by atoms with Crippen molar-refractivity contribution in [2.24, 2.45) is 0 Å². The van der Waals surface area contributed by atoms with E-state index in [4.69, 9.17) is 9.15 Å². The van der Waals surface area contributed by atoms with Gasteiger partial charge in [0.2, 0.25) is 0 Å². The molecular weight excluding hydrogens is 367 g/mol. The van der Waals surface area contributed by atoms with Crippen LogP contribution in [0.3, 0.4) is 0 Å². The Balaban J connectivity index is 1.55. The monoisotopic (exact) mass is 386 g/mol. The van der Waals surface area contributed by atoms with Gasteiger partial charge in [0.15, 0.2) is 12.4 Å². The Labute approximate surface area is 161 Å². The second kappa shape index (κ2) is 8.35. The van der Waals surface area contributed by atoms with Crippen LogP contribution in [0.2, 0.25) is 0 Å². The zero-order valence-corrected chi connectivity index (χ0v) is 16.1. The Morgan fingerprint density at radius 3 is 2.52 bits per heavy atom. The summed E-state index contributed by atoms with van der Waals surface area (Å²) in [5.41, 5.74) is 3.93. The van der Waals surface area contributed by atoms with Crippen LogP contribution < -0.4 is 4.74 Å². The van der Waals surface area contributed by atoms with Gasteiger partial charge in [-0.3, -0.25) is 4.79 Å².